The van der Waals surface area contributed by atoms with Gasteiger partial charge in [-0.25, -0.2) is 0 Å². The molecule has 0 bridgehead atoms. The van der Waals surface area contributed by atoms with Crippen molar-refractivity contribution in [2.24, 2.45) is 5.92 Å². The molecule has 1 heteroatoms. The van der Waals surface area contributed by atoms with Crippen molar-refractivity contribution in [2.45, 2.75) is 34.1 Å². The smallest absolute Gasteiger partial charge is 0.00201 e. The molecular formula is C20H27N. The summed E-state index contributed by atoms with van der Waals surface area (Å²) in [5.74, 6) is 0.674. The van der Waals surface area contributed by atoms with Gasteiger partial charge in [0.25, 0.3) is 0 Å². The van der Waals surface area contributed by atoms with E-state index in [9.17, 15) is 0 Å². The van der Waals surface area contributed by atoms with Gasteiger partial charge < -0.3 is 5.32 Å². The van der Waals surface area contributed by atoms with Crippen LogP contribution in [0, 0.1) is 19.8 Å². The van der Waals surface area contributed by atoms with E-state index >= 15 is 0 Å². The zero-order valence-corrected chi connectivity index (χ0v) is 13.7. The largest absolute Gasteiger partial charge is 0.317 e. The lowest BCUT2D eigenvalue weighted by molar-refractivity contribution is 0.520. The number of rotatable bonds is 6. The van der Waals surface area contributed by atoms with E-state index in [1.165, 1.54) is 27.8 Å². The quantitative estimate of drug-likeness (QED) is 0.805. The molecule has 0 heterocycles. The van der Waals surface area contributed by atoms with Crippen LogP contribution in [0.15, 0.2) is 42.5 Å². The zero-order chi connectivity index (χ0) is 15.2. The standard InChI is InChI=1S/C20H27N/c1-5-21-14-15(2)12-18-10-11-19(13-17(18)4)20-9-7-6-8-16(20)3/h6-11,13,15,21H,5,12,14H2,1-4H3. The first-order valence-corrected chi connectivity index (χ1v) is 7.98. The fourth-order valence-electron chi connectivity index (χ4n) is 2.83. The summed E-state index contributed by atoms with van der Waals surface area (Å²) in [6.45, 7) is 11.0. The molecule has 1 N–H and O–H groups in total. The van der Waals surface area contributed by atoms with Crippen molar-refractivity contribution in [3.8, 4) is 11.1 Å². The Morgan fingerprint density at radius 2 is 1.76 bits per heavy atom. The average Bonchev–Trinajstić information content (AvgIpc) is 2.48. The van der Waals surface area contributed by atoms with Gasteiger partial charge in [-0.05, 0) is 67.1 Å². The molecule has 1 nitrogen and oxygen atoms in total. The van der Waals surface area contributed by atoms with Gasteiger partial charge in [-0.2, -0.15) is 0 Å². The molecule has 0 saturated heterocycles. The van der Waals surface area contributed by atoms with Crippen molar-refractivity contribution in [1.82, 2.24) is 5.32 Å². The first kappa shape index (κ1) is 15.8. The molecule has 2 aromatic rings. The van der Waals surface area contributed by atoms with Crippen molar-refractivity contribution in [3.63, 3.8) is 0 Å². The number of nitrogens with one attached hydrogen (secondary N) is 1. The summed E-state index contributed by atoms with van der Waals surface area (Å²) in [4.78, 5) is 0. The van der Waals surface area contributed by atoms with Gasteiger partial charge in [0, 0.05) is 0 Å². The topological polar surface area (TPSA) is 12.0 Å². The Morgan fingerprint density at radius 3 is 2.43 bits per heavy atom. The van der Waals surface area contributed by atoms with E-state index in [1.54, 1.807) is 0 Å². The summed E-state index contributed by atoms with van der Waals surface area (Å²) in [6, 6.07) is 15.5. The van der Waals surface area contributed by atoms with Crippen molar-refractivity contribution in [2.75, 3.05) is 13.1 Å². The van der Waals surface area contributed by atoms with E-state index in [2.05, 4.69) is 75.5 Å². The molecule has 1 unspecified atom stereocenters. The maximum absolute atomic E-state index is 3.43. The first-order valence-electron chi connectivity index (χ1n) is 7.98. The van der Waals surface area contributed by atoms with E-state index in [0.29, 0.717) is 5.92 Å². The Bertz CT molecular complexity index is 586. The highest BCUT2D eigenvalue weighted by Gasteiger charge is 2.08. The lowest BCUT2D eigenvalue weighted by Crippen LogP contribution is -2.22. The fraction of sp³-hybridized carbons (Fsp3) is 0.400. The van der Waals surface area contributed by atoms with Crippen molar-refractivity contribution >= 4 is 0 Å². The van der Waals surface area contributed by atoms with Crippen LogP contribution in [-0.2, 0) is 6.42 Å². The van der Waals surface area contributed by atoms with Gasteiger partial charge >= 0.3 is 0 Å². The van der Waals surface area contributed by atoms with Gasteiger partial charge in [-0.15, -0.1) is 0 Å². The second kappa shape index (κ2) is 7.42. The summed E-state index contributed by atoms with van der Waals surface area (Å²) >= 11 is 0. The summed E-state index contributed by atoms with van der Waals surface area (Å²) in [7, 11) is 0. The molecule has 0 saturated carbocycles. The highest BCUT2D eigenvalue weighted by Crippen LogP contribution is 2.26. The van der Waals surface area contributed by atoms with Gasteiger partial charge in [-0.1, -0.05) is 56.3 Å². The van der Waals surface area contributed by atoms with E-state index in [-0.39, 0.29) is 0 Å². The van der Waals surface area contributed by atoms with Crippen LogP contribution in [0.1, 0.15) is 30.5 Å². The number of benzene rings is 2. The third-order valence-corrected chi connectivity index (χ3v) is 4.11. The Labute approximate surface area is 129 Å². The lowest BCUT2D eigenvalue weighted by Gasteiger charge is -2.15. The fourth-order valence-corrected chi connectivity index (χ4v) is 2.83. The van der Waals surface area contributed by atoms with Gasteiger partial charge in [-0.3, -0.25) is 0 Å². The highest BCUT2D eigenvalue weighted by atomic mass is 14.8. The second-order valence-electron chi connectivity index (χ2n) is 6.07. The molecule has 2 aromatic carbocycles. The monoisotopic (exact) mass is 281 g/mol. The second-order valence-corrected chi connectivity index (χ2v) is 6.07. The van der Waals surface area contributed by atoms with Crippen LogP contribution in [0.25, 0.3) is 11.1 Å². The molecule has 2 rings (SSSR count). The van der Waals surface area contributed by atoms with Crippen LogP contribution in [0.2, 0.25) is 0 Å². The minimum absolute atomic E-state index is 0.674. The van der Waals surface area contributed by atoms with E-state index in [0.717, 1.165) is 19.5 Å². The van der Waals surface area contributed by atoms with E-state index in [1.807, 2.05) is 0 Å². The third kappa shape index (κ3) is 4.18. The van der Waals surface area contributed by atoms with Crippen LogP contribution in [-0.4, -0.2) is 13.1 Å². The molecule has 0 aliphatic heterocycles. The van der Waals surface area contributed by atoms with Crippen molar-refractivity contribution in [1.29, 1.82) is 0 Å². The predicted octanol–water partition coefficient (Wildman–Crippen LogP) is 4.76. The molecule has 21 heavy (non-hydrogen) atoms. The van der Waals surface area contributed by atoms with Crippen LogP contribution in [0.3, 0.4) is 0 Å². The van der Waals surface area contributed by atoms with E-state index < -0.39 is 0 Å². The molecule has 112 valence electrons. The van der Waals surface area contributed by atoms with Crippen molar-refractivity contribution in [3.05, 3.63) is 59.2 Å². The molecule has 0 aliphatic carbocycles. The molecule has 0 spiro atoms. The van der Waals surface area contributed by atoms with E-state index in [4.69, 9.17) is 0 Å². The molecule has 1 atom stereocenters. The minimum Gasteiger partial charge on any atom is -0.317 e. The minimum atomic E-state index is 0.674. The molecule has 0 aromatic heterocycles. The van der Waals surface area contributed by atoms with Crippen LogP contribution in [0.5, 0.6) is 0 Å². The Balaban J connectivity index is 2.16. The Kier molecular flexibility index (Phi) is 5.58. The predicted molar refractivity (Wildman–Crippen MR) is 92.8 cm³/mol. The van der Waals surface area contributed by atoms with Crippen LogP contribution >= 0.6 is 0 Å². The van der Waals surface area contributed by atoms with Crippen LogP contribution in [0.4, 0.5) is 0 Å². The first-order chi connectivity index (χ1) is 10.1. The van der Waals surface area contributed by atoms with Crippen molar-refractivity contribution < 1.29 is 0 Å². The van der Waals surface area contributed by atoms with Gasteiger partial charge in [0.05, 0.1) is 0 Å². The van der Waals surface area contributed by atoms with Gasteiger partial charge in [0.15, 0.2) is 0 Å². The summed E-state index contributed by atoms with van der Waals surface area (Å²) in [5.41, 5.74) is 6.88. The zero-order valence-electron chi connectivity index (χ0n) is 13.7. The maximum atomic E-state index is 3.43. The maximum Gasteiger partial charge on any atom is -0.00201 e. The molecule has 0 radical (unpaired) electrons. The summed E-state index contributed by atoms with van der Waals surface area (Å²) in [6.07, 6.45) is 1.15. The molecular weight excluding hydrogens is 254 g/mol. The van der Waals surface area contributed by atoms with Gasteiger partial charge in [0.1, 0.15) is 0 Å². The molecule has 0 fully saturated rings. The normalized spacial score (nSPS) is 12.4. The van der Waals surface area contributed by atoms with Gasteiger partial charge in [0.2, 0.25) is 0 Å². The number of hydrogen-bond acceptors (Lipinski definition) is 1. The average molecular weight is 281 g/mol. The summed E-state index contributed by atoms with van der Waals surface area (Å²) in [5, 5.41) is 3.43. The molecule has 0 aliphatic rings. The SMILES string of the molecule is CCNCC(C)Cc1ccc(-c2ccccc2C)cc1C. The number of hydrogen-bond donors (Lipinski definition) is 1. The Morgan fingerprint density at radius 1 is 1.00 bits per heavy atom. The summed E-state index contributed by atoms with van der Waals surface area (Å²) < 4.78 is 0. The van der Waals surface area contributed by atoms with Crippen LogP contribution < -0.4 is 5.32 Å². The third-order valence-electron chi connectivity index (χ3n) is 4.11. The number of aryl methyl sites for hydroxylation is 2. The Hall–Kier alpha value is -1.60. The lowest BCUT2D eigenvalue weighted by atomic mass is 9.93. The molecule has 0 amide bonds. The highest BCUT2D eigenvalue weighted by molar-refractivity contribution is 5.68.